The first kappa shape index (κ1) is 17.9. The summed E-state index contributed by atoms with van der Waals surface area (Å²) in [5.74, 6) is -13.1. The van der Waals surface area contributed by atoms with E-state index in [0.717, 1.165) is 0 Å². The number of hydrogen-bond acceptors (Lipinski definition) is 1. The van der Waals surface area contributed by atoms with Crippen LogP contribution in [0.3, 0.4) is 0 Å². The summed E-state index contributed by atoms with van der Waals surface area (Å²) in [7, 11) is 0. The highest BCUT2D eigenvalue weighted by Crippen LogP contribution is 2.77. The second-order valence-corrected chi connectivity index (χ2v) is 4.23. The molecule has 1 nitrogen and oxygen atoms in total. The van der Waals surface area contributed by atoms with Crippen LogP contribution in [-0.4, -0.2) is 30.5 Å². The van der Waals surface area contributed by atoms with Gasteiger partial charge in [-0.25, -0.2) is 0 Å². The SMILES string of the molecule is O=C(C(F)(F)F)C1(C(F)(F)F)C(C(F)(F)F)C1C(F)(F)F. The molecule has 21 heavy (non-hydrogen) atoms. The predicted octanol–water partition coefficient (Wildman–Crippen LogP) is 4.04. The number of carbonyl (C=O) groups excluding carboxylic acids is 1. The van der Waals surface area contributed by atoms with Crippen LogP contribution in [-0.2, 0) is 4.79 Å². The van der Waals surface area contributed by atoms with E-state index >= 15 is 0 Å². The van der Waals surface area contributed by atoms with Gasteiger partial charge in [-0.2, -0.15) is 52.7 Å². The molecule has 2 atom stereocenters. The zero-order valence-corrected chi connectivity index (χ0v) is 9.10. The van der Waals surface area contributed by atoms with E-state index < -0.39 is 47.7 Å². The Morgan fingerprint density at radius 1 is 0.667 bits per heavy atom. The Bertz CT molecular complexity index is 414. The maximum atomic E-state index is 12.5. The summed E-state index contributed by atoms with van der Waals surface area (Å²) in [5, 5.41) is 0. The molecule has 0 saturated heterocycles. The van der Waals surface area contributed by atoms with E-state index in [-0.39, 0.29) is 0 Å². The Labute approximate surface area is 106 Å². The molecule has 1 rings (SSSR count). The number of hydrogen-bond donors (Lipinski definition) is 0. The van der Waals surface area contributed by atoms with Gasteiger partial charge in [0, 0.05) is 0 Å². The molecule has 0 N–H and O–H groups in total. The lowest BCUT2D eigenvalue weighted by Gasteiger charge is -2.22. The van der Waals surface area contributed by atoms with Gasteiger partial charge in [0.2, 0.25) is 0 Å². The summed E-state index contributed by atoms with van der Waals surface area (Å²) >= 11 is 0. The minimum atomic E-state index is -6.67. The monoisotopic (exact) mass is 342 g/mol. The molecule has 2 unspecified atom stereocenters. The van der Waals surface area contributed by atoms with Gasteiger partial charge in [0.1, 0.15) is 0 Å². The molecule has 0 spiro atoms. The molecule has 0 radical (unpaired) electrons. The Morgan fingerprint density at radius 2 is 0.952 bits per heavy atom. The highest BCUT2D eigenvalue weighted by Gasteiger charge is 2.96. The van der Waals surface area contributed by atoms with Crippen molar-refractivity contribution < 1.29 is 57.5 Å². The van der Waals surface area contributed by atoms with E-state index in [1.165, 1.54) is 0 Å². The second-order valence-electron chi connectivity index (χ2n) is 4.23. The molecule has 1 saturated carbocycles. The number of carbonyl (C=O) groups is 1. The fourth-order valence-electron chi connectivity index (χ4n) is 2.28. The van der Waals surface area contributed by atoms with Gasteiger partial charge in [-0.15, -0.1) is 0 Å². The summed E-state index contributed by atoms with van der Waals surface area (Å²) in [6, 6.07) is 0. The molecule has 0 aliphatic heterocycles. The largest absolute Gasteiger partial charge is 0.450 e. The van der Waals surface area contributed by atoms with E-state index in [0.29, 0.717) is 0 Å². The Hall–Kier alpha value is -1.17. The van der Waals surface area contributed by atoms with Crippen LogP contribution in [0.1, 0.15) is 0 Å². The fraction of sp³-hybridized carbons (Fsp3) is 0.875. The lowest BCUT2D eigenvalue weighted by molar-refractivity contribution is -0.246. The molecule has 0 bridgehead atoms. The van der Waals surface area contributed by atoms with Crippen LogP contribution in [0.15, 0.2) is 0 Å². The molecule has 0 aromatic rings. The molecule has 0 heterocycles. The van der Waals surface area contributed by atoms with Gasteiger partial charge >= 0.3 is 24.7 Å². The first-order valence-electron chi connectivity index (χ1n) is 4.71. The molecular formula is C8H2F12O. The molecule has 0 aromatic carbocycles. The number of halogens is 12. The summed E-state index contributed by atoms with van der Waals surface area (Å²) in [6.45, 7) is 0. The Balaban J connectivity index is 3.56. The van der Waals surface area contributed by atoms with Crippen molar-refractivity contribution in [2.45, 2.75) is 24.7 Å². The van der Waals surface area contributed by atoms with Gasteiger partial charge in [0.05, 0.1) is 11.8 Å². The molecule has 1 fully saturated rings. The van der Waals surface area contributed by atoms with E-state index in [4.69, 9.17) is 0 Å². The molecule has 0 aromatic heterocycles. The van der Waals surface area contributed by atoms with Crippen molar-refractivity contribution in [3.8, 4) is 0 Å². The summed E-state index contributed by atoms with van der Waals surface area (Å²) in [5.41, 5.74) is -5.58. The minimum Gasteiger partial charge on any atom is -0.289 e. The number of Topliss-reactive ketones (excluding diaryl/α,β-unsaturated/α-hetero) is 1. The van der Waals surface area contributed by atoms with E-state index in [1.807, 2.05) is 0 Å². The van der Waals surface area contributed by atoms with Gasteiger partial charge in [0.15, 0.2) is 5.41 Å². The molecule has 1 aliphatic carbocycles. The van der Waals surface area contributed by atoms with Crippen LogP contribution in [0, 0.1) is 17.3 Å². The maximum absolute atomic E-state index is 12.5. The lowest BCUT2D eigenvalue weighted by Crippen LogP contribution is -2.46. The zero-order valence-electron chi connectivity index (χ0n) is 9.10. The van der Waals surface area contributed by atoms with Crippen LogP contribution in [0.2, 0.25) is 0 Å². The van der Waals surface area contributed by atoms with Gasteiger partial charge in [-0.05, 0) is 0 Å². The van der Waals surface area contributed by atoms with Crippen molar-refractivity contribution in [3.05, 3.63) is 0 Å². The maximum Gasteiger partial charge on any atom is 0.450 e. The van der Waals surface area contributed by atoms with Crippen molar-refractivity contribution in [3.63, 3.8) is 0 Å². The van der Waals surface area contributed by atoms with Crippen molar-refractivity contribution >= 4 is 5.78 Å². The van der Waals surface area contributed by atoms with Gasteiger partial charge in [-0.1, -0.05) is 0 Å². The van der Waals surface area contributed by atoms with Crippen LogP contribution >= 0.6 is 0 Å². The zero-order chi connectivity index (χ0) is 17.2. The molecular weight excluding hydrogens is 340 g/mol. The van der Waals surface area contributed by atoms with Gasteiger partial charge in [0.25, 0.3) is 5.78 Å². The van der Waals surface area contributed by atoms with Crippen LogP contribution in [0.25, 0.3) is 0 Å². The molecule has 0 amide bonds. The van der Waals surface area contributed by atoms with Crippen molar-refractivity contribution in [1.82, 2.24) is 0 Å². The predicted molar refractivity (Wildman–Crippen MR) is 38.6 cm³/mol. The van der Waals surface area contributed by atoms with Crippen LogP contribution in [0.5, 0.6) is 0 Å². The molecule has 13 heteroatoms. The van der Waals surface area contributed by atoms with Crippen molar-refractivity contribution in [1.29, 1.82) is 0 Å². The van der Waals surface area contributed by atoms with E-state index in [1.54, 1.807) is 0 Å². The van der Waals surface area contributed by atoms with Gasteiger partial charge in [-0.3, -0.25) is 4.79 Å². The molecule has 124 valence electrons. The summed E-state index contributed by atoms with van der Waals surface area (Å²) in [6.07, 6.45) is -25.7. The third-order valence-corrected chi connectivity index (χ3v) is 3.01. The minimum absolute atomic E-state index is 4.10. The highest BCUT2D eigenvalue weighted by molar-refractivity contribution is 5.94. The summed E-state index contributed by atoms with van der Waals surface area (Å²) < 4.78 is 147. The topological polar surface area (TPSA) is 17.1 Å². The third-order valence-electron chi connectivity index (χ3n) is 3.01. The Kier molecular flexibility index (Phi) is 3.56. The normalized spacial score (nSPS) is 31.2. The van der Waals surface area contributed by atoms with Crippen molar-refractivity contribution in [2.24, 2.45) is 17.3 Å². The average molecular weight is 342 g/mol. The summed E-state index contributed by atoms with van der Waals surface area (Å²) in [4.78, 5) is 10.7. The van der Waals surface area contributed by atoms with E-state index in [9.17, 15) is 57.5 Å². The van der Waals surface area contributed by atoms with Crippen molar-refractivity contribution in [2.75, 3.05) is 0 Å². The Morgan fingerprint density at radius 3 is 1.10 bits per heavy atom. The smallest absolute Gasteiger partial charge is 0.289 e. The number of alkyl halides is 12. The second kappa shape index (κ2) is 4.18. The number of rotatable bonds is 1. The average Bonchev–Trinajstić information content (AvgIpc) is 2.82. The van der Waals surface area contributed by atoms with E-state index in [2.05, 4.69) is 0 Å². The first-order valence-corrected chi connectivity index (χ1v) is 4.71. The van der Waals surface area contributed by atoms with Crippen LogP contribution in [0.4, 0.5) is 52.7 Å². The van der Waals surface area contributed by atoms with Gasteiger partial charge < -0.3 is 0 Å². The first-order chi connectivity index (χ1) is 8.89. The third kappa shape index (κ3) is 2.54. The number of ketones is 1. The van der Waals surface area contributed by atoms with Crippen LogP contribution < -0.4 is 0 Å². The molecule has 1 aliphatic rings. The lowest BCUT2D eigenvalue weighted by atomic mass is 9.94. The quantitative estimate of drug-likeness (QED) is 0.658. The highest BCUT2D eigenvalue weighted by atomic mass is 19.4. The fourth-order valence-corrected chi connectivity index (χ4v) is 2.28. The standard InChI is InChI=1S/C8H2F12O/c9-5(10,11)1-2(6(12,13)14)4(1,8(18,19)20)3(21)7(15,16)17/h1-2H.